The van der Waals surface area contributed by atoms with Gasteiger partial charge in [0.1, 0.15) is 0 Å². The third kappa shape index (κ3) is 5.29. The number of hydrogen-bond acceptors (Lipinski definition) is 7. The van der Waals surface area contributed by atoms with Crippen LogP contribution < -0.4 is 10.0 Å². The minimum Gasteiger partial charge on any atom is -0.355 e. The molecule has 0 spiro atoms. The first-order chi connectivity index (χ1) is 14.8. The van der Waals surface area contributed by atoms with Gasteiger partial charge < -0.3 is 4.52 Å². The predicted octanol–water partition coefficient (Wildman–Crippen LogP) is 4.74. The van der Waals surface area contributed by atoms with E-state index in [-0.39, 0.29) is 5.69 Å². The van der Waals surface area contributed by atoms with Gasteiger partial charge >= 0.3 is 0 Å². The molecular formula is C20H15ClN4O4S2. The van der Waals surface area contributed by atoms with Crippen LogP contribution in [0.2, 0.25) is 5.02 Å². The van der Waals surface area contributed by atoms with Crippen LogP contribution in [0.3, 0.4) is 0 Å². The number of benzene rings is 2. The van der Waals surface area contributed by atoms with Gasteiger partial charge in [-0.2, -0.15) is 0 Å². The number of amides is 1. The molecule has 158 valence electrons. The van der Waals surface area contributed by atoms with Gasteiger partial charge in [0.15, 0.2) is 16.6 Å². The van der Waals surface area contributed by atoms with Crippen molar-refractivity contribution >= 4 is 49.7 Å². The highest BCUT2D eigenvalue weighted by Gasteiger charge is 2.16. The van der Waals surface area contributed by atoms with Gasteiger partial charge in [-0.1, -0.05) is 28.9 Å². The molecule has 0 bridgehead atoms. The molecule has 0 unspecified atom stereocenters. The number of hydrogen-bond donors (Lipinski definition) is 2. The Bertz CT molecular complexity index is 1330. The van der Waals surface area contributed by atoms with Crippen LogP contribution in [0.25, 0.3) is 22.6 Å². The Morgan fingerprint density at radius 2 is 1.74 bits per heavy atom. The van der Waals surface area contributed by atoms with Crippen molar-refractivity contribution in [2.24, 2.45) is 0 Å². The van der Waals surface area contributed by atoms with E-state index in [2.05, 4.69) is 20.2 Å². The van der Waals surface area contributed by atoms with Crippen molar-refractivity contribution in [2.75, 3.05) is 16.3 Å². The summed E-state index contributed by atoms with van der Waals surface area (Å²) in [5.74, 6) is 0.00185. The zero-order chi connectivity index (χ0) is 22.0. The number of halogens is 1. The van der Waals surface area contributed by atoms with Gasteiger partial charge in [0.25, 0.3) is 5.91 Å². The summed E-state index contributed by atoms with van der Waals surface area (Å²) in [6, 6.07) is 15.3. The lowest BCUT2D eigenvalue weighted by Gasteiger charge is -2.04. The lowest BCUT2D eigenvalue weighted by molar-refractivity contribution is 0.101. The summed E-state index contributed by atoms with van der Waals surface area (Å²) in [6.07, 6.45) is 1.09. The van der Waals surface area contributed by atoms with E-state index in [1.54, 1.807) is 60.0 Å². The topological polar surface area (TPSA) is 114 Å². The number of carbonyl (C=O) groups is 1. The average Bonchev–Trinajstić information content (AvgIpc) is 3.38. The lowest BCUT2D eigenvalue weighted by atomic mass is 10.1. The molecule has 4 rings (SSSR count). The number of thiazole rings is 1. The molecule has 2 N–H and O–H groups in total. The third-order valence-electron chi connectivity index (χ3n) is 4.08. The van der Waals surface area contributed by atoms with E-state index in [1.807, 2.05) is 0 Å². The van der Waals surface area contributed by atoms with E-state index >= 15 is 0 Å². The van der Waals surface area contributed by atoms with E-state index < -0.39 is 15.9 Å². The number of aromatic nitrogens is 2. The van der Waals surface area contributed by atoms with Gasteiger partial charge in [-0.15, -0.1) is 11.3 Å². The molecule has 8 nitrogen and oxygen atoms in total. The van der Waals surface area contributed by atoms with Crippen molar-refractivity contribution in [3.63, 3.8) is 0 Å². The lowest BCUT2D eigenvalue weighted by Crippen LogP contribution is -2.11. The molecule has 0 fully saturated rings. The maximum absolute atomic E-state index is 12.5. The van der Waals surface area contributed by atoms with Gasteiger partial charge in [-0.05, 0) is 36.4 Å². The fourth-order valence-corrected chi connectivity index (χ4v) is 4.09. The van der Waals surface area contributed by atoms with Crippen molar-refractivity contribution in [2.45, 2.75) is 0 Å². The van der Waals surface area contributed by atoms with Gasteiger partial charge in [0, 0.05) is 33.3 Å². The van der Waals surface area contributed by atoms with Crippen LogP contribution >= 0.6 is 22.9 Å². The van der Waals surface area contributed by atoms with Crippen molar-refractivity contribution in [1.82, 2.24) is 10.1 Å². The van der Waals surface area contributed by atoms with Crippen molar-refractivity contribution in [3.05, 3.63) is 70.7 Å². The van der Waals surface area contributed by atoms with Crippen LogP contribution in [0.4, 0.5) is 10.8 Å². The van der Waals surface area contributed by atoms with Crippen LogP contribution in [-0.4, -0.2) is 30.7 Å². The zero-order valence-electron chi connectivity index (χ0n) is 16.0. The summed E-state index contributed by atoms with van der Waals surface area (Å²) in [6.45, 7) is 0. The standard InChI is InChI=1S/C20H15ClN4O4S2/c1-31(27,28)25-15-8-4-12(5-9-15)17-11-30-20(22-17)23-19(26)16-10-18(29-24-16)13-2-6-14(21)7-3-13/h2-11,25H,1H3,(H,22,23,26). The highest BCUT2D eigenvalue weighted by molar-refractivity contribution is 7.92. The van der Waals surface area contributed by atoms with Crippen LogP contribution in [-0.2, 0) is 10.0 Å². The molecule has 0 aliphatic rings. The summed E-state index contributed by atoms with van der Waals surface area (Å²) in [7, 11) is -3.34. The fraction of sp³-hybridized carbons (Fsp3) is 0.0500. The SMILES string of the molecule is CS(=O)(=O)Nc1ccc(-c2csc(NC(=O)c3cc(-c4ccc(Cl)cc4)on3)n2)cc1. The van der Waals surface area contributed by atoms with Crippen LogP contribution in [0, 0.1) is 0 Å². The third-order valence-corrected chi connectivity index (χ3v) is 5.70. The molecule has 11 heteroatoms. The van der Waals surface area contributed by atoms with E-state index in [1.165, 1.54) is 11.3 Å². The maximum Gasteiger partial charge on any atom is 0.279 e. The van der Waals surface area contributed by atoms with Crippen LogP contribution in [0.15, 0.2) is 64.5 Å². The molecule has 0 aliphatic carbocycles. The summed E-state index contributed by atoms with van der Waals surface area (Å²) in [5, 5.41) is 9.30. The van der Waals surface area contributed by atoms with Gasteiger partial charge in [0.2, 0.25) is 10.0 Å². The molecule has 1 amide bonds. The number of sulfonamides is 1. The number of carbonyl (C=O) groups excluding carboxylic acids is 1. The minimum atomic E-state index is -3.34. The molecule has 0 saturated heterocycles. The smallest absolute Gasteiger partial charge is 0.279 e. The molecule has 0 radical (unpaired) electrons. The van der Waals surface area contributed by atoms with Crippen molar-refractivity contribution < 1.29 is 17.7 Å². The quantitative estimate of drug-likeness (QED) is 0.417. The first-order valence-electron chi connectivity index (χ1n) is 8.84. The molecular weight excluding hydrogens is 460 g/mol. The molecule has 31 heavy (non-hydrogen) atoms. The Kier molecular flexibility index (Phi) is 5.77. The average molecular weight is 475 g/mol. The molecule has 2 aromatic heterocycles. The van der Waals surface area contributed by atoms with E-state index in [4.69, 9.17) is 16.1 Å². The molecule has 0 saturated carbocycles. The number of nitrogens with one attached hydrogen (secondary N) is 2. The molecule has 2 heterocycles. The predicted molar refractivity (Wildman–Crippen MR) is 121 cm³/mol. The summed E-state index contributed by atoms with van der Waals surface area (Å²) >= 11 is 7.14. The van der Waals surface area contributed by atoms with Crippen molar-refractivity contribution in [3.8, 4) is 22.6 Å². The van der Waals surface area contributed by atoms with Gasteiger partial charge in [0.05, 0.1) is 11.9 Å². The Morgan fingerprint density at radius 1 is 1.06 bits per heavy atom. The highest BCUT2D eigenvalue weighted by atomic mass is 35.5. The number of nitrogens with zero attached hydrogens (tertiary/aromatic N) is 2. The largest absolute Gasteiger partial charge is 0.355 e. The van der Waals surface area contributed by atoms with Gasteiger partial charge in [-0.25, -0.2) is 13.4 Å². The second kappa shape index (κ2) is 8.50. The van der Waals surface area contributed by atoms with Crippen molar-refractivity contribution in [1.29, 1.82) is 0 Å². The summed E-state index contributed by atoms with van der Waals surface area (Å²) < 4.78 is 30.2. The second-order valence-corrected chi connectivity index (χ2v) is 9.57. The second-order valence-electron chi connectivity index (χ2n) is 6.53. The Hall–Kier alpha value is -3.21. The maximum atomic E-state index is 12.5. The molecule has 0 aliphatic heterocycles. The zero-order valence-corrected chi connectivity index (χ0v) is 18.4. The minimum absolute atomic E-state index is 0.123. The Morgan fingerprint density at radius 3 is 2.42 bits per heavy atom. The van der Waals surface area contributed by atoms with E-state index in [0.717, 1.165) is 17.4 Å². The molecule has 4 aromatic rings. The van der Waals surface area contributed by atoms with Gasteiger partial charge in [-0.3, -0.25) is 14.8 Å². The fourth-order valence-electron chi connectivity index (χ4n) is 2.68. The normalized spacial score (nSPS) is 11.3. The Labute approximate surface area is 186 Å². The van der Waals surface area contributed by atoms with Crippen LogP contribution in [0.5, 0.6) is 0 Å². The summed E-state index contributed by atoms with van der Waals surface area (Å²) in [4.78, 5) is 16.9. The first-order valence-corrected chi connectivity index (χ1v) is 12.0. The molecule has 2 aromatic carbocycles. The summed E-state index contributed by atoms with van der Waals surface area (Å²) in [5.41, 5.74) is 2.76. The highest BCUT2D eigenvalue weighted by Crippen LogP contribution is 2.27. The monoisotopic (exact) mass is 474 g/mol. The number of rotatable bonds is 6. The van der Waals surface area contributed by atoms with E-state index in [0.29, 0.717) is 27.3 Å². The first kappa shape index (κ1) is 21.0. The van der Waals surface area contributed by atoms with Crippen LogP contribution in [0.1, 0.15) is 10.5 Å². The number of anilines is 2. The molecule has 0 atom stereocenters. The Balaban J connectivity index is 1.44. The van der Waals surface area contributed by atoms with E-state index in [9.17, 15) is 13.2 Å².